The Bertz CT molecular complexity index is 1200. The molecule has 2 rings (SSSR count). The molecule has 8 atom stereocenters. The third-order valence-corrected chi connectivity index (χ3v) is 10.5. The van der Waals surface area contributed by atoms with Gasteiger partial charge < -0.3 is 40.3 Å². The highest BCUT2D eigenvalue weighted by Crippen LogP contribution is 2.29. The second kappa shape index (κ2) is 22.8. The van der Waals surface area contributed by atoms with Crippen molar-refractivity contribution < 1.29 is 33.8 Å². The number of aliphatic hydroxyl groups is 1. The van der Waals surface area contributed by atoms with Crippen molar-refractivity contribution >= 4 is 23.6 Å². The van der Waals surface area contributed by atoms with Crippen LogP contribution in [0, 0.1) is 17.8 Å². The molecule has 1 aromatic carbocycles. The number of hydrogen-bond acceptors (Lipinski definition) is 8. The van der Waals surface area contributed by atoms with Gasteiger partial charge in [0.1, 0.15) is 0 Å². The van der Waals surface area contributed by atoms with E-state index < -0.39 is 36.3 Å². The molecular weight excluding hydrogens is 650 g/mol. The van der Waals surface area contributed by atoms with E-state index in [0.29, 0.717) is 19.5 Å². The summed E-state index contributed by atoms with van der Waals surface area (Å²) in [6, 6.07) is 8.03. The first-order valence-corrected chi connectivity index (χ1v) is 19.0. The number of hydrogen-bond donors (Lipinski definition) is 4. The molecule has 4 amide bonds. The van der Waals surface area contributed by atoms with Crippen LogP contribution in [0.2, 0.25) is 0 Å². The number of likely N-dealkylation sites (tertiary alicyclic amines) is 1. The molecule has 0 saturated carbocycles. The zero-order chi connectivity index (χ0) is 38.1. The van der Waals surface area contributed by atoms with Gasteiger partial charge in [0.05, 0.1) is 55.3 Å². The number of methoxy groups -OCH3 is 2. The van der Waals surface area contributed by atoms with Gasteiger partial charge in [0.2, 0.25) is 23.6 Å². The topological polar surface area (TPSA) is 150 Å². The van der Waals surface area contributed by atoms with E-state index in [-0.39, 0.29) is 61.0 Å². The maximum Gasteiger partial charge on any atom is 0.242 e. The van der Waals surface area contributed by atoms with E-state index in [1.54, 1.807) is 28.2 Å². The average molecular weight is 718 g/mol. The first-order valence-electron chi connectivity index (χ1n) is 19.0. The molecular formula is C39H67N5O7. The Morgan fingerprint density at radius 3 is 2.24 bits per heavy atom. The van der Waals surface area contributed by atoms with E-state index in [0.717, 1.165) is 37.7 Å². The largest absolute Gasteiger partial charge is 0.387 e. The minimum absolute atomic E-state index is 0.0128. The SMILES string of the molecule is CCCCN(C(=O)CNC(=O)C(NC)C(C)C)C(C(C)CC)C(CC(=O)N1CCCCC1C(OC)C(C)C(=O)NCC(O)c1ccccc1)OC. The van der Waals surface area contributed by atoms with Crippen LogP contribution in [0.5, 0.6) is 0 Å². The summed E-state index contributed by atoms with van der Waals surface area (Å²) in [6.07, 6.45) is 2.89. The molecule has 0 radical (unpaired) electrons. The Kier molecular flexibility index (Phi) is 19.7. The molecule has 12 heteroatoms. The molecule has 1 aromatic rings. The molecule has 1 aliphatic heterocycles. The zero-order valence-electron chi connectivity index (χ0n) is 32.7. The highest BCUT2D eigenvalue weighted by molar-refractivity contribution is 5.88. The highest BCUT2D eigenvalue weighted by atomic mass is 16.5. The van der Waals surface area contributed by atoms with Crippen LogP contribution in [0.3, 0.4) is 0 Å². The van der Waals surface area contributed by atoms with Crippen molar-refractivity contribution in [2.24, 2.45) is 17.8 Å². The summed E-state index contributed by atoms with van der Waals surface area (Å²) in [5, 5.41) is 19.3. The fourth-order valence-electron chi connectivity index (χ4n) is 7.26. The summed E-state index contributed by atoms with van der Waals surface area (Å²) in [5.74, 6) is -1.32. The number of ether oxygens (including phenoxy) is 2. The number of aliphatic hydroxyl groups excluding tert-OH is 1. The number of piperidine rings is 1. The van der Waals surface area contributed by atoms with Gasteiger partial charge in [-0.25, -0.2) is 0 Å². The van der Waals surface area contributed by atoms with Gasteiger partial charge in [0.15, 0.2) is 0 Å². The quantitative estimate of drug-likeness (QED) is 0.142. The van der Waals surface area contributed by atoms with Crippen LogP contribution >= 0.6 is 0 Å². The van der Waals surface area contributed by atoms with Gasteiger partial charge in [-0.05, 0) is 50.1 Å². The Morgan fingerprint density at radius 2 is 1.67 bits per heavy atom. The average Bonchev–Trinajstić information content (AvgIpc) is 3.14. The van der Waals surface area contributed by atoms with Gasteiger partial charge >= 0.3 is 0 Å². The smallest absolute Gasteiger partial charge is 0.242 e. The second-order valence-corrected chi connectivity index (χ2v) is 14.3. The van der Waals surface area contributed by atoms with Crippen LogP contribution in [0.25, 0.3) is 0 Å². The van der Waals surface area contributed by atoms with E-state index >= 15 is 0 Å². The van der Waals surface area contributed by atoms with Crippen LogP contribution < -0.4 is 16.0 Å². The number of nitrogens with zero attached hydrogens (tertiary/aromatic N) is 2. The van der Waals surface area contributed by atoms with Crippen molar-refractivity contribution in [1.82, 2.24) is 25.8 Å². The lowest BCUT2D eigenvalue weighted by molar-refractivity contribution is -0.150. The van der Waals surface area contributed by atoms with Gasteiger partial charge in [-0.15, -0.1) is 0 Å². The van der Waals surface area contributed by atoms with Crippen molar-refractivity contribution in [3.05, 3.63) is 35.9 Å². The fraction of sp³-hybridized carbons (Fsp3) is 0.744. The third kappa shape index (κ3) is 12.8. The molecule has 1 heterocycles. The standard InChI is InChI=1S/C39H67N5O7/c1-10-12-21-44(34(47)25-42-39(49)35(40-7)26(3)4)36(27(5)11-2)32(50-8)23-33(46)43-22-17-16-20-30(43)37(51-9)28(6)38(48)41-24-31(45)29-18-14-13-15-19-29/h13-15,18-19,26-28,30-32,35-37,40,45H,10-12,16-17,20-25H2,1-9H3,(H,41,48)(H,42,49). The highest BCUT2D eigenvalue weighted by Gasteiger charge is 2.41. The molecule has 0 bridgehead atoms. The van der Waals surface area contributed by atoms with Gasteiger partial charge in [0.25, 0.3) is 0 Å². The zero-order valence-corrected chi connectivity index (χ0v) is 32.7. The first kappa shape index (κ1) is 44.1. The Balaban J connectivity index is 2.25. The summed E-state index contributed by atoms with van der Waals surface area (Å²) in [6.45, 7) is 12.8. The molecule has 12 nitrogen and oxygen atoms in total. The summed E-state index contributed by atoms with van der Waals surface area (Å²) in [7, 11) is 4.88. The minimum atomic E-state index is -0.842. The van der Waals surface area contributed by atoms with Gasteiger partial charge in [-0.3, -0.25) is 19.2 Å². The number of amides is 4. The van der Waals surface area contributed by atoms with Crippen molar-refractivity contribution in [1.29, 1.82) is 0 Å². The van der Waals surface area contributed by atoms with Crippen molar-refractivity contribution in [3.8, 4) is 0 Å². The molecule has 8 unspecified atom stereocenters. The molecule has 290 valence electrons. The van der Waals surface area contributed by atoms with Crippen LogP contribution in [-0.2, 0) is 28.7 Å². The van der Waals surface area contributed by atoms with Gasteiger partial charge in [-0.2, -0.15) is 0 Å². The monoisotopic (exact) mass is 718 g/mol. The van der Waals surface area contributed by atoms with E-state index in [1.807, 2.05) is 54.0 Å². The van der Waals surface area contributed by atoms with Crippen molar-refractivity contribution in [3.63, 3.8) is 0 Å². The lowest BCUT2D eigenvalue weighted by Crippen LogP contribution is -2.57. The Morgan fingerprint density at radius 1 is 0.980 bits per heavy atom. The van der Waals surface area contributed by atoms with Gasteiger partial charge in [0, 0.05) is 33.9 Å². The number of carbonyl (C=O) groups excluding carboxylic acids is 4. The maximum atomic E-state index is 14.3. The lowest BCUT2D eigenvalue weighted by Gasteiger charge is -2.43. The van der Waals surface area contributed by atoms with Crippen LogP contribution in [-0.4, -0.2) is 116 Å². The van der Waals surface area contributed by atoms with E-state index in [1.165, 1.54) is 0 Å². The molecule has 0 spiro atoms. The minimum Gasteiger partial charge on any atom is -0.387 e. The van der Waals surface area contributed by atoms with E-state index in [2.05, 4.69) is 36.7 Å². The van der Waals surface area contributed by atoms with Crippen molar-refractivity contribution in [2.75, 3.05) is 47.4 Å². The number of likely N-dealkylation sites (N-methyl/N-ethyl adjacent to an activating group) is 1. The summed E-state index contributed by atoms with van der Waals surface area (Å²) < 4.78 is 12.0. The number of unbranched alkanes of at least 4 members (excludes halogenated alkanes) is 1. The third-order valence-electron chi connectivity index (χ3n) is 10.5. The number of nitrogens with one attached hydrogen (secondary N) is 3. The molecule has 1 aliphatic rings. The molecule has 0 aromatic heterocycles. The molecule has 51 heavy (non-hydrogen) atoms. The molecule has 1 saturated heterocycles. The Labute approximate surface area is 306 Å². The predicted octanol–water partition coefficient (Wildman–Crippen LogP) is 3.68. The van der Waals surface area contributed by atoms with Gasteiger partial charge in [-0.1, -0.05) is 84.7 Å². The van der Waals surface area contributed by atoms with Crippen molar-refractivity contribution in [2.45, 2.75) is 123 Å². The van der Waals surface area contributed by atoms with Crippen LogP contribution in [0.4, 0.5) is 0 Å². The molecule has 0 aliphatic carbocycles. The fourth-order valence-corrected chi connectivity index (χ4v) is 7.26. The predicted molar refractivity (Wildman–Crippen MR) is 200 cm³/mol. The Hall–Kier alpha value is -3.06. The van der Waals surface area contributed by atoms with Crippen LogP contribution in [0.1, 0.15) is 98.2 Å². The molecule has 1 fully saturated rings. The summed E-state index contributed by atoms with van der Waals surface area (Å²) in [5.41, 5.74) is 0.717. The van der Waals surface area contributed by atoms with Crippen LogP contribution in [0.15, 0.2) is 30.3 Å². The van der Waals surface area contributed by atoms with E-state index in [9.17, 15) is 24.3 Å². The second-order valence-electron chi connectivity index (χ2n) is 14.3. The number of benzene rings is 1. The summed E-state index contributed by atoms with van der Waals surface area (Å²) >= 11 is 0. The number of rotatable bonds is 22. The number of carbonyl (C=O) groups is 4. The van der Waals surface area contributed by atoms with E-state index in [4.69, 9.17) is 9.47 Å². The lowest BCUT2D eigenvalue weighted by atomic mass is 9.87. The normalized spacial score (nSPS) is 19.0. The summed E-state index contributed by atoms with van der Waals surface area (Å²) in [4.78, 5) is 58.0. The maximum absolute atomic E-state index is 14.3. The molecule has 4 N–H and O–H groups in total. The first-order chi connectivity index (χ1) is 24.4.